The summed E-state index contributed by atoms with van der Waals surface area (Å²) >= 11 is 0. The number of carboxylic acid groups (broad SMARTS) is 1. The van der Waals surface area contributed by atoms with Crippen molar-refractivity contribution in [1.29, 1.82) is 0 Å². The lowest BCUT2D eigenvalue weighted by molar-refractivity contribution is -0.139. The largest absolute Gasteiger partial charge is 0.480 e. The predicted octanol–water partition coefficient (Wildman–Crippen LogP) is 1.94. The number of nitrogens with zero attached hydrogens (tertiary/aromatic N) is 2. The minimum atomic E-state index is -3.87. The van der Waals surface area contributed by atoms with Crippen LogP contribution in [0.4, 0.5) is 14.9 Å². The number of amides is 1. The number of carbonyl (C=O) groups is 2. The maximum absolute atomic E-state index is 14.1. The number of rotatable bonds is 6. The zero-order chi connectivity index (χ0) is 20.9. The van der Waals surface area contributed by atoms with Gasteiger partial charge in [0.1, 0.15) is 5.82 Å². The molecule has 1 aromatic carbocycles. The second-order valence-electron chi connectivity index (χ2n) is 7.09. The lowest BCUT2D eigenvalue weighted by Gasteiger charge is -2.25. The van der Waals surface area contributed by atoms with Gasteiger partial charge in [-0.05, 0) is 37.6 Å². The van der Waals surface area contributed by atoms with Crippen molar-refractivity contribution < 1.29 is 27.5 Å². The molecule has 0 saturated heterocycles. The zero-order valence-corrected chi connectivity index (χ0v) is 16.2. The van der Waals surface area contributed by atoms with Crippen LogP contribution < -0.4 is 5.73 Å². The molecule has 0 saturated carbocycles. The van der Waals surface area contributed by atoms with Crippen molar-refractivity contribution in [2.75, 3.05) is 18.5 Å². The smallest absolute Gasteiger partial charge is 0.328 e. The highest BCUT2D eigenvalue weighted by atomic mass is 32.2. The first-order valence-corrected chi connectivity index (χ1v) is 10.3. The van der Waals surface area contributed by atoms with Crippen molar-refractivity contribution in [3.63, 3.8) is 0 Å². The molecule has 3 rings (SSSR count). The van der Waals surface area contributed by atoms with E-state index in [1.165, 1.54) is 27.8 Å². The molecular weight excluding hydrogens is 389 g/mol. The lowest BCUT2D eigenvalue weighted by atomic mass is 10.1. The molecule has 10 heteroatoms. The fraction of sp³-hybridized carbons (Fsp3) is 0.333. The van der Waals surface area contributed by atoms with Crippen molar-refractivity contribution in [3.05, 3.63) is 42.0 Å². The van der Waals surface area contributed by atoms with Crippen LogP contribution in [0.25, 0.3) is 11.1 Å². The average Bonchev–Trinajstić information content (AvgIpc) is 3.11. The molecule has 3 N–H and O–H groups in total. The van der Waals surface area contributed by atoms with Gasteiger partial charge in [-0.1, -0.05) is 0 Å². The van der Waals surface area contributed by atoms with Gasteiger partial charge in [0.25, 0.3) is 0 Å². The molecular formula is C18H20FN3O5S. The summed E-state index contributed by atoms with van der Waals surface area (Å²) in [5.74, 6) is -1.96. The molecule has 0 unspecified atom stereocenters. The molecule has 28 heavy (non-hydrogen) atoms. The highest BCUT2D eigenvalue weighted by Crippen LogP contribution is 2.30. The van der Waals surface area contributed by atoms with E-state index in [1.54, 1.807) is 12.1 Å². The van der Waals surface area contributed by atoms with Gasteiger partial charge < -0.3 is 15.7 Å². The Kier molecular flexibility index (Phi) is 4.70. The van der Waals surface area contributed by atoms with E-state index in [4.69, 9.17) is 5.73 Å². The van der Waals surface area contributed by atoms with E-state index >= 15 is 0 Å². The topological polar surface area (TPSA) is 123 Å². The number of carboxylic acids is 1. The van der Waals surface area contributed by atoms with E-state index in [1.807, 2.05) is 0 Å². The van der Waals surface area contributed by atoms with Gasteiger partial charge in [0.2, 0.25) is 0 Å². The Morgan fingerprint density at radius 2 is 2.04 bits per heavy atom. The first-order chi connectivity index (χ1) is 12.9. The fourth-order valence-electron chi connectivity index (χ4n) is 3.11. The number of sulfone groups is 1. The van der Waals surface area contributed by atoms with Crippen LogP contribution in [-0.2, 0) is 21.2 Å². The number of aliphatic carboxylic acids is 1. The van der Waals surface area contributed by atoms with Gasteiger partial charge in [-0.2, -0.15) is 0 Å². The van der Waals surface area contributed by atoms with Crippen molar-refractivity contribution in [2.24, 2.45) is 0 Å². The number of nitrogen functional groups attached to an aromatic ring is 1. The summed E-state index contributed by atoms with van der Waals surface area (Å²) < 4.78 is 37.2. The molecule has 1 aliphatic rings. The monoisotopic (exact) mass is 409 g/mol. The maximum Gasteiger partial charge on any atom is 0.328 e. The number of carbonyl (C=O) groups excluding carboxylic acids is 1. The van der Waals surface area contributed by atoms with Gasteiger partial charge in [-0.3, -0.25) is 9.36 Å². The quantitative estimate of drug-likeness (QED) is 0.703. The van der Waals surface area contributed by atoms with E-state index in [0.717, 1.165) is 13.2 Å². The van der Waals surface area contributed by atoms with E-state index in [-0.39, 0.29) is 19.5 Å². The molecule has 8 nitrogen and oxygen atoms in total. The Labute approximate surface area is 161 Å². The van der Waals surface area contributed by atoms with Crippen LogP contribution in [0.2, 0.25) is 0 Å². The summed E-state index contributed by atoms with van der Waals surface area (Å²) in [5.41, 5.74) is 7.28. The molecule has 1 amide bonds. The highest BCUT2D eigenvalue weighted by molar-refractivity contribution is 7.92. The van der Waals surface area contributed by atoms with Crippen LogP contribution in [-0.4, -0.2) is 52.5 Å². The number of benzene rings is 1. The number of fused-ring (bicyclic) bond motifs is 1. The maximum atomic E-state index is 14.1. The van der Waals surface area contributed by atoms with Crippen LogP contribution >= 0.6 is 0 Å². The van der Waals surface area contributed by atoms with Crippen LogP contribution in [0.1, 0.15) is 19.0 Å². The molecule has 2 heterocycles. The van der Waals surface area contributed by atoms with E-state index in [9.17, 15) is 27.5 Å². The Morgan fingerprint density at radius 3 is 2.57 bits per heavy atom. The van der Waals surface area contributed by atoms with Gasteiger partial charge in [-0.15, -0.1) is 0 Å². The third-order valence-electron chi connectivity index (χ3n) is 5.16. The number of aromatic nitrogens is 1. The van der Waals surface area contributed by atoms with Crippen molar-refractivity contribution in [2.45, 2.75) is 24.6 Å². The molecule has 150 valence electrons. The van der Waals surface area contributed by atoms with E-state index in [0.29, 0.717) is 22.5 Å². The molecule has 0 bridgehead atoms. The van der Waals surface area contributed by atoms with Crippen LogP contribution in [0.15, 0.2) is 30.5 Å². The number of anilines is 1. The molecule has 0 radical (unpaired) electrons. The van der Waals surface area contributed by atoms with Gasteiger partial charge >= 0.3 is 12.0 Å². The standard InChI is InChI=1S/C18H20FN3O5S/c1-18(16(23)24,28(2,26)27)5-6-21-10-13-7-11(9-22(13)17(21)25)14-4-3-12(20)8-15(14)19/h3-4,7-9H,5-6,10,20H2,1-2H3,(H,23,24)/t18-/m1/s1. The number of hydrogen-bond donors (Lipinski definition) is 2. The molecule has 1 aliphatic heterocycles. The molecule has 1 atom stereocenters. The summed E-state index contributed by atoms with van der Waals surface area (Å²) in [6, 6.07) is 5.54. The predicted molar refractivity (Wildman–Crippen MR) is 101 cm³/mol. The molecule has 2 aromatic rings. The average molecular weight is 409 g/mol. The summed E-state index contributed by atoms with van der Waals surface area (Å²) in [5, 5.41) is 9.32. The second-order valence-corrected chi connectivity index (χ2v) is 9.54. The fourth-order valence-corrected chi connectivity index (χ4v) is 3.89. The van der Waals surface area contributed by atoms with E-state index < -0.39 is 32.4 Å². The second kappa shape index (κ2) is 6.62. The first kappa shape index (κ1) is 19.9. The molecule has 0 aliphatic carbocycles. The zero-order valence-electron chi connectivity index (χ0n) is 15.3. The number of nitrogens with two attached hydrogens (primary N) is 1. The van der Waals surface area contributed by atoms with Crippen LogP contribution in [0.5, 0.6) is 0 Å². The Balaban J connectivity index is 1.79. The van der Waals surface area contributed by atoms with Crippen LogP contribution in [0.3, 0.4) is 0 Å². The van der Waals surface area contributed by atoms with E-state index in [2.05, 4.69) is 0 Å². The highest BCUT2D eigenvalue weighted by Gasteiger charge is 2.44. The molecule has 1 aromatic heterocycles. The SMILES string of the molecule is C[C@@](CCN1Cc2cc(-c3ccc(N)cc3F)cn2C1=O)(C(=O)O)S(C)(=O)=O. The molecule has 0 fully saturated rings. The summed E-state index contributed by atoms with van der Waals surface area (Å²) in [6.45, 7) is 1.27. The Hall–Kier alpha value is -2.88. The van der Waals surface area contributed by atoms with Gasteiger partial charge in [0.05, 0.1) is 6.54 Å². The number of hydrogen-bond acceptors (Lipinski definition) is 5. The minimum Gasteiger partial charge on any atom is -0.480 e. The summed E-state index contributed by atoms with van der Waals surface area (Å²) in [7, 11) is -3.87. The van der Waals surface area contributed by atoms with Gasteiger partial charge in [0.15, 0.2) is 14.6 Å². The van der Waals surface area contributed by atoms with Crippen molar-refractivity contribution >= 4 is 27.5 Å². The normalized spacial score (nSPS) is 16.1. The minimum absolute atomic E-state index is 0.0397. The molecule has 0 spiro atoms. The Morgan fingerprint density at radius 1 is 1.36 bits per heavy atom. The van der Waals surface area contributed by atoms with Gasteiger partial charge in [0, 0.05) is 41.5 Å². The first-order valence-electron chi connectivity index (χ1n) is 8.43. The summed E-state index contributed by atoms with van der Waals surface area (Å²) in [6.07, 6.45) is 2.13. The number of halogens is 1. The third-order valence-corrected chi connectivity index (χ3v) is 7.18. The van der Waals surface area contributed by atoms with Crippen molar-refractivity contribution in [3.8, 4) is 11.1 Å². The Bertz CT molecular complexity index is 1080. The third kappa shape index (κ3) is 3.24. The summed E-state index contributed by atoms with van der Waals surface area (Å²) in [4.78, 5) is 25.4. The van der Waals surface area contributed by atoms with Gasteiger partial charge in [-0.25, -0.2) is 17.6 Å². The van der Waals surface area contributed by atoms with Crippen molar-refractivity contribution in [1.82, 2.24) is 9.47 Å². The van der Waals surface area contributed by atoms with Crippen LogP contribution in [0, 0.1) is 5.82 Å². The lowest BCUT2D eigenvalue weighted by Crippen LogP contribution is -2.45.